The number of nitro groups is 1. The van der Waals surface area contributed by atoms with Gasteiger partial charge in [0.2, 0.25) is 5.88 Å². The zero-order chi connectivity index (χ0) is 15.7. The summed E-state index contributed by atoms with van der Waals surface area (Å²) < 4.78 is 5.55. The summed E-state index contributed by atoms with van der Waals surface area (Å²) in [5.74, 6) is 0.763. The lowest BCUT2D eigenvalue weighted by molar-refractivity contribution is -0.384. The normalized spacial score (nSPS) is 10.7. The van der Waals surface area contributed by atoms with E-state index < -0.39 is 4.92 Å². The minimum atomic E-state index is -0.434. The van der Waals surface area contributed by atoms with Crippen molar-refractivity contribution in [2.24, 2.45) is 0 Å². The lowest BCUT2D eigenvalue weighted by Gasteiger charge is -2.17. The Morgan fingerprint density at radius 3 is 2.62 bits per heavy atom. The quantitative estimate of drug-likeness (QED) is 0.528. The lowest BCUT2D eigenvalue weighted by Crippen LogP contribution is -2.28. The number of hydrogen-bond donors (Lipinski definition) is 1. The van der Waals surface area contributed by atoms with Crippen molar-refractivity contribution in [3.8, 4) is 5.88 Å². The zero-order valence-electron chi connectivity index (χ0n) is 13.0. The molecule has 0 radical (unpaired) electrons. The number of likely N-dealkylation sites (N-methyl/N-ethyl adjacent to an activating group) is 1. The van der Waals surface area contributed by atoms with Crippen molar-refractivity contribution >= 4 is 11.5 Å². The number of rotatable bonds is 10. The molecule has 0 aliphatic heterocycles. The molecular formula is C14H24N4O3. The molecule has 0 amide bonds. The van der Waals surface area contributed by atoms with Gasteiger partial charge >= 0.3 is 0 Å². The Morgan fingerprint density at radius 1 is 1.33 bits per heavy atom. The summed E-state index contributed by atoms with van der Waals surface area (Å²) in [7, 11) is 0. The van der Waals surface area contributed by atoms with Gasteiger partial charge in [-0.05, 0) is 19.5 Å². The van der Waals surface area contributed by atoms with Crippen LogP contribution in [0.5, 0.6) is 5.88 Å². The summed E-state index contributed by atoms with van der Waals surface area (Å²) in [6.45, 7) is 10.0. The monoisotopic (exact) mass is 296 g/mol. The van der Waals surface area contributed by atoms with Crippen LogP contribution in [-0.4, -0.2) is 47.6 Å². The molecule has 0 atom stereocenters. The highest BCUT2D eigenvalue weighted by atomic mass is 16.6. The molecular weight excluding hydrogens is 272 g/mol. The van der Waals surface area contributed by atoms with E-state index in [1.807, 2.05) is 6.92 Å². The Kier molecular flexibility index (Phi) is 7.45. The van der Waals surface area contributed by atoms with Crippen LogP contribution < -0.4 is 10.1 Å². The summed E-state index contributed by atoms with van der Waals surface area (Å²) in [5.41, 5.74) is -0.0126. The maximum Gasteiger partial charge on any atom is 0.278 e. The Balaban J connectivity index is 2.71. The molecule has 0 aliphatic carbocycles. The van der Waals surface area contributed by atoms with E-state index >= 15 is 0 Å². The number of nitrogens with zero attached hydrogens (tertiary/aromatic N) is 3. The number of ether oxygens (including phenoxy) is 1. The SMILES string of the molecule is CCCNc1cc([N+](=O)[O-])cc(OCCN(CC)CC)n1. The molecule has 0 fully saturated rings. The number of aromatic nitrogens is 1. The van der Waals surface area contributed by atoms with Gasteiger partial charge in [0.05, 0.1) is 17.1 Å². The predicted octanol–water partition coefficient (Wildman–Crippen LogP) is 2.53. The molecule has 1 aromatic heterocycles. The molecule has 0 saturated heterocycles. The molecule has 1 heterocycles. The molecule has 1 rings (SSSR count). The van der Waals surface area contributed by atoms with Gasteiger partial charge in [-0.2, -0.15) is 4.98 Å². The van der Waals surface area contributed by atoms with Crippen LogP contribution in [-0.2, 0) is 0 Å². The van der Waals surface area contributed by atoms with Crippen molar-refractivity contribution in [3.05, 3.63) is 22.2 Å². The fraction of sp³-hybridized carbons (Fsp3) is 0.643. The van der Waals surface area contributed by atoms with E-state index in [4.69, 9.17) is 4.74 Å². The van der Waals surface area contributed by atoms with Gasteiger partial charge in [-0.3, -0.25) is 10.1 Å². The van der Waals surface area contributed by atoms with Crippen LogP contribution in [0.3, 0.4) is 0 Å². The number of anilines is 1. The van der Waals surface area contributed by atoms with Gasteiger partial charge in [-0.15, -0.1) is 0 Å². The van der Waals surface area contributed by atoms with Crippen LogP contribution >= 0.6 is 0 Å². The molecule has 0 saturated carbocycles. The minimum absolute atomic E-state index is 0.0126. The van der Waals surface area contributed by atoms with E-state index in [1.54, 1.807) is 0 Å². The predicted molar refractivity (Wildman–Crippen MR) is 83.0 cm³/mol. The average molecular weight is 296 g/mol. The van der Waals surface area contributed by atoms with E-state index in [1.165, 1.54) is 12.1 Å². The van der Waals surface area contributed by atoms with Crippen molar-refractivity contribution in [3.63, 3.8) is 0 Å². The fourth-order valence-corrected chi connectivity index (χ4v) is 1.83. The molecule has 1 aromatic rings. The Hall–Kier alpha value is -1.89. The van der Waals surface area contributed by atoms with E-state index in [0.717, 1.165) is 26.1 Å². The van der Waals surface area contributed by atoms with Gasteiger partial charge < -0.3 is 15.0 Å². The summed E-state index contributed by atoms with van der Waals surface area (Å²) >= 11 is 0. The van der Waals surface area contributed by atoms with Gasteiger partial charge in [-0.1, -0.05) is 20.8 Å². The Bertz CT molecular complexity index is 450. The van der Waals surface area contributed by atoms with Gasteiger partial charge in [0.25, 0.3) is 5.69 Å². The Labute approximate surface area is 125 Å². The van der Waals surface area contributed by atoms with E-state index in [0.29, 0.717) is 19.0 Å². The maximum absolute atomic E-state index is 10.9. The van der Waals surface area contributed by atoms with Gasteiger partial charge in [-0.25, -0.2) is 0 Å². The number of nitrogens with one attached hydrogen (secondary N) is 1. The summed E-state index contributed by atoms with van der Waals surface area (Å²) in [4.78, 5) is 17.0. The van der Waals surface area contributed by atoms with Crippen molar-refractivity contribution in [1.29, 1.82) is 0 Å². The first-order chi connectivity index (χ1) is 10.1. The third kappa shape index (κ3) is 5.95. The van der Waals surface area contributed by atoms with Crippen LogP contribution in [0.2, 0.25) is 0 Å². The molecule has 7 nitrogen and oxygen atoms in total. The lowest BCUT2D eigenvalue weighted by atomic mass is 10.3. The first-order valence-electron chi connectivity index (χ1n) is 7.36. The van der Waals surface area contributed by atoms with Gasteiger partial charge in [0.15, 0.2) is 0 Å². The van der Waals surface area contributed by atoms with Crippen LogP contribution in [0.4, 0.5) is 11.5 Å². The largest absolute Gasteiger partial charge is 0.476 e. The molecule has 0 aliphatic rings. The van der Waals surface area contributed by atoms with Gasteiger partial charge in [0.1, 0.15) is 12.4 Å². The number of hydrogen-bond acceptors (Lipinski definition) is 6. The second-order valence-electron chi connectivity index (χ2n) is 4.61. The molecule has 0 spiro atoms. The molecule has 0 bridgehead atoms. The highest BCUT2D eigenvalue weighted by molar-refractivity contribution is 5.48. The minimum Gasteiger partial charge on any atom is -0.476 e. The molecule has 0 aromatic carbocycles. The van der Waals surface area contributed by atoms with Crippen LogP contribution in [0, 0.1) is 10.1 Å². The van der Waals surface area contributed by atoms with Crippen LogP contribution in [0.1, 0.15) is 27.2 Å². The first kappa shape index (κ1) is 17.2. The van der Waals surface area contributed by atoms with Gasteiger partial charge in [0, 0.05) is 13.1 Å². The zero-order valence-corrected chi connectivity index (χ0v) is 13.0. The van der Waals surface area contributed by atoms with Crippen LogP contribution in [0.25, 0.3) is 0 Å². The van der Waals surface area contributed by atoms with Crippen molar-refractivity contribution in [2.75, 3.05) is 38.1 Å². The van der Waals surface area contributed by atoms with E-state index in [-0.39, 0.29) is 11.6 Å². The van der Waals surface area contributed by atoms with E-state index in [9.17, 15) is 10.1 Å². The molecule has 0 unspecified atom stereocenters. The standard InChI is InChI=1S/C14H24N4O3/c1-4-7-15-13-10-12(18(19)20)11-14(16-13)21-9-8-17(5-2)6-3/h10-11H,4-9H2,1-3H3,(H,15,16). The van der Waals surface area contributed by atoms with Crippen molar-refractivity contribution in [2.45, 2.75) is 27.2 Å². The number of pyridine rings is 1. The first-order valence-corrected chi connectivity index (χ1v) is 7.36. The van der Waals surface area contributed by atoms with Crippen LogP contribution in [0.15, 0.2) is 12.1 Å². The topological polar surface area (TPSA) is 80.5 Å². The van der Waals surface area contributed by atoms with Crippen molar-refractivity contribution in [1.82, 2.24) is 9.88 Å². The van der Waals surface area contributed by atoms with Crippen molar-refractivity contribution < 1.29 is 9.66 Å². The summed E-state index contributed by atoms with van der Waals surface area (Å²) in [5, 5.41) is 14.0. The highest BCUT2D eigenvalue weighted by Gasteiger charge is 2.12. The second kappa shape index (κ2) is 9.12. The summed E-state index contributed by atoms with van der Waals surface area (Å²) in [6.07, 6.45) is 0.919. The Morgan fingerprint density at radius 2 is 2.05 bits per heavy atom. The molecule has 7 heteroatoms. The molecule has 1 N–H and O–H groups in total. The average Bonchev–Trinajstić information content (AvgIpc) is 2.49. The smallest absolute Gasteiger partial charge is 0.278 e. The van der Waals surface area contributed by atoms with E-state index in [2.05, 4.69) is 29.0 Å². The highest BCUT2D eigenvalue weighted by Crippen LogP contribution is 2.22. The maximum atomic E-state index is 10.9. The molecule has 21 heavy (non-hydrogen) atoms. The summed E-state index contributed by atoms with van der Waals surface area (Å²) in [6, 6.07) is 2.78. The third-order valence-electron chi connectivity index (χ3n) is 3.11. The fourth-order valence-electron chi connectivity index (χ4n) is 1.83. The molecule has 118 valence electrons. The third-order valence-corrected chi connectivity index (χ3v) is 3.11. The second-order valence-corrected chi connectivity index (χ2v) is 4.61.